The van der Waals surface area contributed by atoms with Crippen molar-refractivity contribution in [1.29, 1.82) is 0 Å². The SMILES string of the molecule is CN1CCN(c2nc3ccc(NC(=O)C(c4ccccc4)c4ccccc4)cc3s2)CC1. The van der Waals surface area contributed by atoms with Gasteiger partial charge in [0.2, 0.25) is 5.91 Å². The van der Waals surface area contributed by atoms with E-state index in [9.17, 15) is 4.79 Å². The number of carbonyl (C=O) groups excluding carboxylic acids is 1. The molecular formula is C26H26N4OS. The summed E-state index contributed by atoms with van der Waals surface area (Å²) in [5.74, 6) is -0.402. The molecule has 0 atom stereocenters. The average Bonchev–Trinajstić information content (AvgIpc) is 3.24. The molecule has 4 aromatic rings. The second kappa shape index (κ2) is 9.10. The van der Waals surface area contributed by atoms with Gasteiger partial charge in [-0.15, -0.1) is 0 Å². The Balaban J connectivity index is 1.39. The highest BCUT2D eigenvalue weighted by Crippen LogP contribution is 2.32. The highest BCUT2D eigenvalue weighted by molar-refractivity contribution is 7.22. The normalized spacial score (nSPS) is 14.8. The van der Waals surface area contributed by atoms with Crippen LogP contribution in [0, 0.1) is 0 Å². The van der Waals surface area contributed by atoms with Gasteiger partial charge in [0, 0.05) is 31.9 Å². The van der Waals surface area contributed by atoms with Gasteiger partial charge >= 0.3 is 0 Å². The molecule has 1 aliphatic heterocycles. The van der Waals surface area contributed by atoms with Crippen molar-refractivity contribution in [3.8, 4) is 0 Å². The maximum absolute atomic E-state index is 13.4. The summed E-state index contributed by atoms with van der Waals surface area (Å²) in [4.78, 5) is 22.9. The van der Waals surface area contributed by atoms with Crippen molar-refractivity contribution in [3.63, 3.8) is 0 Å². The number of rotatable bonds is 5. The van der Waals surface area contributed by atoms with Crippen molar-refractivity contribution in [2.24, 2.45) is 0 Å². The lowest BCUT2D eigenvalue weighted by Crippen LogP contribution is -2.44. The Bertz CT molecular complexity index is 1160. The topological polar surface area (TPSA) is 48.5 Å². The third kappa shape index (κ3) is 4.38. The standard InChI is InChI=1S/C26H26N4OS/c1-29-14-16-30(17-15-29)26-28-22-13-12-21(18-23(22)32-26)27-25(31)24(19-8-4-2-5-9-19)20-10-6-3-7-11-20/h2-13,18,24H,14-17H2,1H3,(H,27,31). The molecular weight excluding hydrogens is 416 g/mol. The number of likely N-dealkylation sites (N-methyl/N-ethyl adjacent to an activating group) is 1. The molecule has 1 saturated heterocycles. The number of hydrogen-bond donors (Lipinski definition) is 1. The van der Waals surface area contributed by atoms with Crippen LogP contribution >= 0.6 is 11.3 Å². The maximum atomic E-state index is 13.4. The van der Waals surface area contributed by atoms with Crippen molar-refractivity contribution in [2.75, 3.05) is 43.4 Å². The highest BCUT2D eigenvalue weighted by Gasteiger charge is 2.23. The zero-order chi connectivity index (χ0) is 21.9. The Morgan fingerprint density at radius 2 is 1.53 bits per heavy atom. The van der Waals surface area contributed by atoms with E-state index < -0.39 is 0 Å². The van der Waals surface area contributed by atoms with Crippen molar-refractivity contribution in [1.82, 2.24) is 9.88 Å². The Morgan fingerprint density at radius 3 is 2.16 bits per heavy atom. The lowest BCUT2D eigenvalue weighted by molar-refractivity contribution is -0.116. The summed E-state index contributed by atoms with van der Waals surface area (Å²) in [6.45, 7) is 4.10. The molecule has 2 heterocycles. The van der Waals surface area contributed by atoms with Crippen LogP contribution in [0.5, 0.6) is 0 Å². The van der Waals surface area contributed by atoms with Crippen molar-refractivity contribution in [2.45, 2.75) is 5.92 Å². The molecule has 3 aromatic carbocycles. The largest absolute Gasteiger partial charge is 0.345 e. The molecule has 1 aliphatic rings. The molecule has 1 amide bonds. The smallest absolute Gasteiger partial charge is 0.236 e. The van der Waals surface area contributed by atoms with Gasteiger partial charge in [0.25, 0.3) is 0 Å². The molecule has 5 nitrogen and oxygen atoms in total. The molecule has 162 valence electrons. The van der Waals surface area contributed by atoms with E-state index in [1.165, 1.54) is 0 Å². The molecule has 1 fully saturated rings. The lowest BCUT2D eigenvalue weighted by atomic mass is 9.90. The number of carbonyl (C=O) groups is 1. The summed E-state index contributed by atoms with van der Waals surface area (Å²) in [5, 5.41) is 4.20. The van der Waals surface area contributed by atoms with Gasteiger partial charge in [0.1, 0.15) is 0 Å². The highest BCUT2D eigenvalue weighted by atomic mass is 32.1. The van der Waals surface area contributed by atoms with Crippen LogP contribution in [-0.4, -0.2) is 49.0 Å². The number of thiazole rings is 1. The van der Waals surface area contributed by atoms with Crippen LogP contribution in [0.2, 0.25) is 0 Å². The first-order valence-corrected chi connectivity index (χ1v) is 11.7. The number of anilines is 2. The van der Waals surface area contributed by atoms with E-state index in [1.54, 1.807) is 11.3 Å². The average molecular weight is 443 g/mol. The van der Waals surface area contributed by atoms with E-state index in [-0.39, 0.29) is 11.8 Å². The summed E-state index contributed by atoms with van der Waals surface area (Å²) >= 11 is 1.69. The number of hydrogen-bond acceptors (Lipinski definition) is 5. The first kappa shape index (κ1) is 20.7. The van der Waals surface area contributed by atoms with Gasteiger partial charge in [0.05, 0.1) is 16.1 Å². The number of piperazine rings is 1. The van der Waals surface area contributed by atoms with Crippen LogP contribution in [0.15, 0.2) is 78.9 Å². The number of fused-ring (bicyclic) bond motifs is 1. The number of amides is 1. The summed E-state index contributed by atoms with van der Waals surface area (Å²) in [6, 6.07) is 25.8. The number of nitrogens with one attached hydrogen (secondary N) is 1. The molecule has 0 radical (unpaired) electrons. The second-order valence-electron chi connectivity index (χ2n) is 8.21. The summed E-state index contributed by atoms with van der Waals surface area (Å²) in [7, 11) is 2.16. The van der Waals surface area contributed by atoms with Crippen LogP contribution in [-0.2, 0) is 4.79 Å². The second-order valence-corrected chi connectivity index (χ2v) is 9.22. The van der Waals surface area contributed by atoms with Gasteiger partial charge in [-0.05, 0) is 36.4 Å². The van der Waals surface area contributed by atoms with Gasteiger partial charge in [-0.1, -0.05) is 72.0 Å². The first-order valence-electron chi connectivity index (χ1n) is 10.9. The molecule has 5 rings (SSSR count). The minimum Gasteiger partial charge on any atom is -0.345 e. The van der Waals surface area contributed by atoms with Crippen LogP contribution in [0.3, 0.4) is 0 Å². The molecule has 6 heteroatoms. The summed E-state index contributed by atoms with van der Waals surface area (Å²) < 4.78 is 1.09. The maximum Gasteiger partial charge on any atom is 0.236 e. The van der Waals surface area contributed by atoms with Gasteiger partial charge in [-0.3, -0.25) is 4.79 Å². The quantitative estimate of drug-likeness (QED) is 0.481. The van der Waals surface area contributed by atoms with Crippen LogP contribution in [0.1, 0.15) is 17.0 Å². The van der Waals surface area contributed by atoms with Crippen molar-refractivity contribution < 1.29 is 4.79 Å². The van der Waals surface area contributed by atoms with Crippen LogP contribution in [0.4, 0.5) is 10.8 Å². The molecule has 1 N–H and O–H groups in total. The number of nitrogens with zero attached hydrogens (tertiary/aromatic N) is 3. The van der Waals surface area contributed by atoms with E-state index in [4.69, 9.17) is 4.98 Å². The molecule has 1 aromatic heterocycles. The summed E-state index contributed by atoms with van der Waals surface area (Å²) in [6.07, 6.45) is 0. The first-order chi connectivity index (χ1) is 15.7. The number of aromatic nitrogens is 1. The van der Waals surface area contributed by atoms with E-state index >= 15 is 0 Å². The zero-order valence-electron chi connectivity index (χ0n) is 18.1. The predicted molar refractivity (Wildman–Crippen MR) is 133 cm³/mol. The Morgan fingerprint density at radius 1 is 0.906 bits per heavy atom. The summed E-state index contributed by atoms with van der Waals surface area (Å²) in [5.41, 5.74) is 3.73. The fourth-order valence-corrected chi connectivity index (χ4v) is 5.18. The van der Waals surface area contributed by atoms with Crippen molar-refractivity contribution >= 4 is 38.3 Å². The van der Waals surface area contributed by atoms with Gasteiger partial charge in [-0.2, -0.15) is 0 Å². The number of benzene rings is 3. The fraction of sp³-hybridized carbons (Fsp3) is 0.231. The third-order valence-electron chi connectivity index (χ3n) is 5.95. The minimum atomic E-state index is -0.365. The van der Waals surface area contributed by atoms with Gasteiger partial charge in [0.15, 0.2) is 5.13 Å². The van der Waals surface area contributed by atoms with E-state index in [0.29, 0.717) is 0 Å². The predicted octanol–water partition coefficient (Wildman–Crippen LogP) is 4.82. The van der Waals surface area contributed by atoms with Gasteiger partial charge < -0.3 is 15.1 Å². The molecule has 0 saturated carbocycles. The molecule has 0 spiro atoms. The molecule has 0 aliphatic carbocycles. The third-order valence-corrected chi connectivity index (χ3v) is 7.03. The van der Waals surface area contributed by atoms with Crippen LogP contribution in [0.25, 0.3) is 10.2 Å². The Labute approximate surface area is 192 Å². The lowest BCUT2D eigenvalue weighted by Gasteiger charge is -2.31. The monoisotopic (exact) mass is 442 g/mol. The molecule has 32 heavy (non-hydrogen) atoms. The van der Waals surface area contributed by atoms with E-state index in [2.05, 4.69) is 22.2 Å². The zero-order valence-corrected chi connectivity index (χ0v) is 18.9. The minimum absolute atomic E-state index is 0.0365. The van der Waals surface area contributed by atoms with Crippen LogP contribution < -0.4 is 10.2 Å². The Hall–Kier alpha value is -3.22. The fourth-order valence-electron chi connectivity index (χ4n) is 4.12. The van der Waals surface area contributed by atoms with Gasteiger partial charge in [-0.25, -0.2) is 4.98 Å². The van der Waals surface area contributed by atoms with E-state index in [1.807, 2.05) is 78.9 Å². The molecule has 0 bridgehead atoms. The van der Waals surface area contributed by atoms with Crippen molar-refractivity contribution in [3.05, 3.63) is 90.0 Å². The van der Waals surface area contributed by atoms with E-state index in [0.717, 1.165) is 58.3 Å². The Kier molecular flexibility index (Phi) is 5.88. The molecule has 0 unspecified atom stereocenters.